The molecule has 0 saturated heterocycles. The van der Waals surface area contributed by atoms with Crippen LogP contribution in [0.5, 0.6) is 0 Å². The normalized spacial score (nSPS) is 15.0. The first kappa shape index (κ1) is 11.6. The topological polar surface area (TPSA) is 43.4 Å². The van der Waals surface area contributed by atoms with E-state index in [9.17, 15) is 9.59 Å². The van der Waals surface area contributed by atoms with Crippen LogP contribution in [-0.4, -0.2) is 22.7 Å². The lowest BCUT2D eigenvalue weighted by atomic mass is 10.1. The highest BCUT2D eigenvalue weighted by Crippen LogP contribution is 2.21. The van der Waals surface area contributed by atoms with Crippen molar-refractivity contribution in [1.82, 2.24) is 0 Å². The van der Waals surface area contributed by atoms with Crippen molar-refractivity contribution >= 4 is 27.7 Å². The average Bonchev–Trinajstić information content (AvgIpc) is 2.03. The summed E-state index contributed by atoms with van der Waals surface area (Å²) in [6.45, 7) is 5.21. The molecule has 4 heteroatoms. The molecule has 0 spiro atoms. The van der Waals surface area contributed by atoms with Crippen molar-refractivity contribution < 1.29 is 14.3 Å². The molecule has 0 aliphatic heterocycles. The van der Waals surface area contributed by atoms with E-state index in [4.69, 9.17) is 4.74 Å². The van der Waals surface area contributed by atoms with Crippen LogP contribution in [0.3, 0.4) is 0 Å². The lowest BCUT2D eigenvalue weighted by molar-refractivity contribution is -0.148. The first-order chi connectivity index (χ1) is 5.46. The molecule has 3 nitrogen and oxygen atoms in total. The molecule has 0 aliphatic carbocycles. The number of carbonyl (C=O) groups is 2. The maximum atomic E-state index is 11.2. The number of alkyl halides is 1. The van der Waals surface area contributed by atoms with Gasteiger partial charge in [0.25, 0.3) is 0 Å². The van der Waals surface area contributed by atoms with Gasteiger partial charge < -0.3 is 4.74 Å². The van der Waals surface area contributed by atoms with Crippen LogP contribution in [0.1, 0.15) is 27.2 Å². The van der Waals surface area contributed by atoms with Gasteiger partial charge in [-0.3, -0.25) is 9.59 Å². The second kappa shape index (κ2) is 4.60. The molecule has 1 atom stereocenters. The molecule has 0 aromatic heterocycles. The third-order valence-electron chi connectivity index (χ3n) is 1.50. The monoisotopic (exact) mass is 236 g/mol. The molecule has 0 fully saturated rings. The minimum atomic E-state index is -1.17. The van der Waals surface area contributed by atoms with Crippen molar-refractivity contribution in [3.8, 4) is 0 Å². The van der Waals surface area contributed by atoms with Crippen molar-refractivity contribution in [2.45, 2.75) is 31.5 Å². The zero-order valence-electron chi connectivity index (χ0n) is 7.52. The van der Waals surface area contributed by atoms with Crippen LogP contribution in [-0.2, 0) is 14.3 Å². The smallest absolute Gasteiger partial charge is 0.330 e. The summed E-state index contributed by atoms with van der Waals surface area (Å²) in [7, 11) is 0. The molecule has 0 aromatic rings. The fourth-order valence-corrected chi connectivity index (χ4v) is 1.11. The van der Waals surface area contributed by atoms with Crippen LogP contribution in [0.15, 0.2) is 0 Å². The number of hydrogen-bond acceptors (Lipinski definition) is 3. The summed E-state index contributed by atoms with van der Waals surface area (Å²) >= 11 is 3.05. The van der Waals surface area contributed by atoms with E-state index < -0.39 is 10.3 Å². The summed E-state index contributed by atoms with van der Waals surface area (Å²) in [5.74, 6) is -0.683. The van der Waals surface area contributed by atoms with E-state index in [2.05, 4.69) is 15.9 Å². The van der Waals surface area contributed by atoms with E-state index >= 15 is 0 Å². The maximum Gasteiger partial charge on any atom is 0.330 e. The minimum absolute atomic E-state index is 0.166. The number of Topliss-reactive ketones (excluding diaryl/α,β-unsaturated/α-hetero) is 1. The fraction of sp³-hybridized carbons (Fsp3) is 0.750. The zero-order valence-corrected chi connectivity index (χ0v) is 9.10. The lowest BCUT2D eigenvalue weighted by Gasteiger charge is -2.17. The van der Waals surface area contributed by atoms with E-state index in [1.165, 1.54) is 6.92 Å². The standard InChI is InChI=1S/C8H13BrO3/c1-4-6(10)8(3,9)7(11)12-5-2/h4-5H2,1-3H3/t8-/m0/s1. The molecular weight excluding hydrogens is 224 g/mol. The number of halogens is 1. The average molecular weight is 237 g/mol. The number of ketones is 1. The zero-order chi connectivity index (χ0) is 9.78. The van der Waals surface area contributed by atoms with Gasteiger partial charge in [-0.2, -0.15) is 0 Å². The Kier molecular flexibility index (Phi) is 4.45. The van der Waals surface area contributed by atoms with Crippen molar-refractivity contribution in [1.29, 1.82) is 0 Å². The summed E-state index contributed by atoms with van der Waals surface area (Å²) < 4.78 is 3.55. The molecule has 0 bridgehead atoms. The van der Waals surface area contributed by atoms with Crippen LogP contribution in [0.25, 0.3) is 0 Å². The third-order valence-corrected chi connectivity index (χ3v) is 2.27. The van der Waals surface area contributed by atoms with Gasteiger partial charge in [0.2, 0.25) is 0 Å². The Balaban J connectivity index is 4.38. The predicted octanol–water partition coefficient (Wildman–Crippen LogP) is 1.68. The summed E-state index contributed by atoms with van der Waals surface area (Å²) in [5, 5.41) is 0. The molecule has 70 valence electrons. The molecule has 0 radical (unpaired) electrons. The molecule has 0 aliphatic rings. The fourth-order valence-electron chi connectivity index (χ4n) is 0.712. The van der Waals surface area contributed by atoms with E-state index in [1.807, 2.05) is 0 Å². The molecule has 0 rings (SSSR count). The summed E-state index contributed by atoms with van der Waals surface area (Å²) in [6, 6.07) is 0. The highest BCUT2D eigenvalue weighted by atomic mass is 79.9. The second-order valence-electron chi connectivity index (χ2n) is 2.50. The number of esters is 1. The first-order valence-electron chi connectivity index (χ1n) is 3.86. The molecule has 12 heavy (non-hydrogen) atoms. The van der Waals surface area contributed by atoms with Gasteiger partial charge in [0.15, 0.2) is 10.1 Å². The van der Waals surface area contributed by atoms with Gasteiger partial charge in [0, 0.05) is 6.42 Å². The van der Waals surface area contributed by atoms with Crippen LogP contribution < -0.4 is 0 Å². The molecule has 0 saturated carbocycles. The summed E-state index contributed by atoms with van der Waals surface area (Å²) in [5.41, 5.74) is 0. The molecule has 0 aromatic carbocycles. The predicted molar refractivity (Wildman–Crippen MR) is 49.3 cm³/mol. The van der Waals surface area contributed by atoms with Gasteiger partial charge >= 0.3 is 5.97 Å². The number of hydrogen-bond donors (Lipinski definition) is 0. The number of ether oxygens (including phenoxy) is 1. The maximum absolute atomic E-state index is 11.2. The number of rotatable bonds is 4. The van der Waals surface area contributed by atoms with Crippen LogP contribution in [0.2, 0.25) is 0 Å². The van der Waals surface area contributed by atoms with Gasteiger partial charge in [0.05, 0.1) is 6.61 Å². The quantitative estimate of drug-likeness (QED) is 0.424. The van der Waals surface area contributed by atoms with Crippen LogP contribution >= 0.6 is 15.9 Å². The Morgan fingerprint density at radius 1 is 1.42 bits per heavy atom. The van der Waals surface area contributed by atoms with Gasteiger partial charge in [-0.25, -0.2) is 0 Å². The third kappa shape index (κ3) is 2.59. The molecule has 0 heterocycles. The highest BCUT2D eigenvalue weighted by molar-refractivity contribution is 9.10. The van der Waals surface area contributed by atoms with Crippen LogP contribution in [0.4, 0.5) is 0 Å². The Hall–Kier alpha value is -0.380. The molecule has 0 N–H and O–H groups in total. The Labute approximate surface area is 80.6 Å². The van der Waals surface area contributed by atoms with Crippen molar-refractivity contribution in [2.75, 3.05) is 6.61 Å². The van der Waals surface area contributed by atoms with Gasteiger partial charge in [-0.15, -0.1) is 0 Å². The van der Waals surface area contributed by atoms with Crippen molar-refractivity contribution in [3.63, 3.8) is 0 Å². The second-order valence-corrected chi connectivity index (χ2v) is 4.09. The van der Waals surface area contributed by atoms with E-state index in [-0.39, 0.29) is 12.4 Å². The van der Waals surface area contributed by atoms with Crippen molar-refractivity contribution in [2.24, 2.45) is 0 Å². The van der Waals surface area contributed by atoms with E-state index in [0.29, 0.717) is 6.42 Å². The summed E-state index contributed by atoms with van der Waals surface area (Å²) in [6.07, 6.45) is 0.320. The van der Waals surface area contributed by atoms with Crippen LogP contribution in [0, 0.1) is 0 Å². The molecule has 0 amide bonds. The SMILES string of the molecule is CCOC(=O)[C@@](C)(Br)C(=O)CC. The van der Waals surface area contributed by atoms with Gasteiger partial charge in [-0.05, 0) is 13.8 Å². The van der Waals surface area contributed by atoms with Gasteiger partial charge in [0.1, 0.15) is 0 Å². The lowest BCUT2D eigenvalue weighted by Crippen LogP contribution is -2.38. The largest absolute Gasteiger partial charge is 0.465 e. The van der Waals surface area contributed by atoms with Crippen molar-refractivity contribution in [3.05, 3.63) is 0 Å². The Morgan fingerprint density at radius 3 is 2.25 bits per heavy atom. The minimum Gasteiger partial charge on any atom is -0.465 e. The highest BCUT2D eigenvalue weighted by Gasteiger charge is 2.38. The number of carbonyl (C=O) groups excluding carboxylic acids is 2. The summed E-state index contributed by atoms with van der Waals surface area (Å²) in [4.78, 5) is 22.4. The molecule has 0 unspecified atom stereocenters. The van der Waals surface area contributed by atoms with E-state index in [0.717, 1.165) is 0 Å². The van der Waals surface area contributed by atoms with Gasteiger partial charge in [-0.1, -0.05) is 22.9 Å². The Morgan fingerprint density at radius 2 is 1.92 bits per heavy atom. The van der Waals surface area contributed by atoms with E-state index in [1.54, 1.807) is 13.8 Å². The molecular formula is C8H13BrO3. The first-order valence-corrected chi connectivity index (χ1v) is 4.65. The Bertz CT molecular complexity index is 187.